The Morgan fingerprint density at radius 1 is 1.10 bits per heavy atom. The van der Waals surface area contributed by atoms with Crippen LogP contribution in [0, 0.1) is 12.7 Å². The molecule has 6 nitrogen and oxygen atoms in total. The molecule has 0 aliphatic carbocycles. The van der Waals surface area contributed by atoms with Crippen LogP contribution in [-0.2, 0) is 9.59 Å². The molecule has 0 saturated heterocycles. The molecular weight excluding hydrogens is 547 g/mol. The normalized spacial score (nSPS) is 15.9. The van der Waals surface area contributed by atoms with Gasteiger partial charge in [0.1, 0.15) is 18.2 Å². The smallest absolute Gasteiger partial charge is 0.240 e. The van der Waals surface area contributed by atoms with E-state index in [1.165, 1.54) is 28.8 Å². The summed E-state index contributed by atoms with van der Waals surface area (Å²) in [6.45, 7) is 5.78. The molecule has 2 amide bonds. The molecule has 0 bridgehead atoms. The highest BCUT2D eigenvalue weighted by Gasteiger charge is 2.37. The van der Waals surface area contributed by atoms with Gasteiger partial charge in [0.25, 0.3) is 0 Å². The second-order valence-corrected chi connectivity index (χ2v) is 11.5. The standard InChI is InChI=1S/C31H30ClFN4O2S/c1-4-20(3)34-26(38)17-36-27(39)18-40-30(22-9-13-24(33)14-10-22)28-29(21-7-11-23(32)12-8-21)35-37(31(28)36)25-15-5-19(2)6-16-25/h5-16,20,30H,4,17-18H2,1-3H3,(H,34,38)/t20-,30+/m0/s1. The van der Waals surface area contributed by atoms with Crippen LogP contribution >= 0.6 is 23.4 Å². The number of aryl methyl sites for hydroxylation is 1. The highest BCUT2D eigenvalue weighted by atomic mass is 35.5. The van der Waals surface area contributed by atoms with Gasteiger partial charge in [0.2, 0.25) is 11.8 Å². The number of fused-ring (bicyclic) bond motifs is 1. The number of thioether (sulfide) groups is 1. The molecule has 0 unspecified atom stereocenters. The highest BCUT2D eigenvalue weighted by Crippen LogP contribution is 2.48. The molecule has 9 heteroatoms. The Morgan fingerprint density at radius 2 is 1.77 bits per heavy atom. The number of amides is 2. The Kier molecular flexibility index (Phi) is 8.28. The molecule has 2 heterocycles. The van der Waals surface area contributed by atoms with Crippen LogP contribution in [0.1, 0.15) is 42.2 Å². The van der Waals surface area contributed by atoms with Gasteiger partial charge in [-0.3, -0.25) is 14.5 Å². The average molecular weight is 577 g/mol. The fraction of sp³-hybridized carbons (Fsp3) is 0.258. The number of benzene rings is 3. The van der Waals surface area contributed by atoms with Crippen molar-refractivity contribution in [2.24, 2.45) is 0 Å². The van der Waals surface area contributed by atoms with E-state index in [9.17, 15) is 14.0 Å². The van der Waals surface area contributed by atoms with Gasteiger partial charge in [0.15, 0.2) is 0 Å². The van der Waals surface area contributed by atoms with Crippen LogP contribution in [0.2, 0.25) is 5.02 Å². The zero-order valence-corrected chi connectivity index (χ0v) is 24.1. The van der Waals surface area contributed by atoms with Gasteiger partial charge in [0.05, 0.1) is 22.4 Å². The minimum Gasteiger partial charge on any atom is -0.352 e. The Hall–Kier alpha value is -3.62. The molecule has 0 saturated carbocycles. The first-order valence-electron chi connectivity index (χ1n) is 13.2. The molecule has 4 aromatic rings. The van der Waals surface area contributed by atoms with Crippen molar-refractivity contribution < 1.29 is 14.0 Å². The lowest BCUT2D eigenvalue weighted by atomic mass is 9.99. The number of anilines is 1. The van der Waals surface area contributed by atoms with Crippen LogP contribution in [0.15, 0.2) is 72.8 Å². The summed E-state index contributed by atoms with van der Waals surface area (Å²) in [5, 5.41) is 8.29. The van der Waals surface area contributed by atoms with Crippen molar-refractivity contribution in [2.75, 3.05) is 17.2 Å². The summed E-state index contributed by atoms with van der Waals surface area (Å²) in [6, 6.07) is 21.5. The van der Waals surface area contributed by atoms with Crippen LogP contribution in [0.4, 0.5) is 10.2 Å². The SMILES string of the molecule is CC[C@H](C)NC(=O)CN1C(=O)CS[C@H](c2ccc(F)cc2)c2c(-c3ccc(Cl)cc3)nn(-c3ccc(C)cc3)c21. The monoisotopic (exact) mass is 576 g/mol. The number of carbonyl (C=O) groups excluding carboxylic acids is 2. The molecule has 0 radical (unpaired) electrons. The second kappa shape index (κ2) is 11.9. The molecule has 1 N–H and O–H groups in total. The number of rotatable bonds is 7. The molecule has 3 aromatic carbocycles. The Balaban J connectivity index is 1.77. The first-order valence-corrected chi connectivity index (χ1v) is 14.6. The Morgan fingerprint density at radius 3 is 2.42 bits per heavy atom. The molecule has 0 fully saturated rings. The maximum Gasteiger partial charge on any atom is 0.240 e. The van der Waals surface area contributed by atoms with Gasteiger partial charge < -0.3 is 5.32 Å². The summed E-state index contributed by atoms with van der Waals surface area (Å²) in [5.41, 5.74) is 4.94. The van der Waals surface area contributed by atoms with E-state index in [1.807, 2.05) is 57.2 Å². The Labute approximate surface area is 242 Å². The molecule has 40 heavy (non-hydrogen) atoms. The second-order valence-electron chi connectivity index (χ2n) is 9.94. The van der Waals surface area contributed by atoms with E-state index in [2.05, 4.69) is 5.32 Å². The zero-order chi connectivity index (χ0) is 28.4. The average Bonchev–Trinajstić information content (AvgIpc) is 3.26. The van der Waals surface area contributed by atoms with Gasteiger partial charge in [-0.1, -0.05) is 60.5 Å². The molecule has 2 atom stereocenters. The van der Waals surface area contributed by atoms with E-state index in [0.29, 0.717) is 16.5 Å². The van der Waals surface area contributed by atoms with E-state index in [-0.39, 0.29) is 41.2 Å². The summed E-state index contributed by atoms with van der Waals surface area (Å²) >= 11 is 7.66. The number of halogens is 2. The van der Waals surface area contributed by atoms with Crippen molar-refractivity contribution >= 4 is 41.0 Å². The maximum absolute atomic E-state index is 13.9. The fourth-order valence-electron chi connectivity index (χ4n) is 4.67. The molecular formula is C31H30ClFN4O2S. The largest absolute Gasteiger partial charge is 0.352 e. The molecule has 1 aliphatic rings. The summed E-state index contributed by atoms with van der Waals surface area (Å²) in [7, 11) is 0. The molecule has 5 rings (SSSR count). The summed E-state index contributed by atoms with van der Waals surface area (Å²) < 4.78 is 15.7. The number of hydrogen-bond donors (Lipinski definition) is 1. The third kappa shape index (κ3) is 5.78. The molecule has 1 aliphatic heterocycles. The van der Waals surface area contributed by atoms with Gasteiger partial charge in [-0.25, -0.2) is 9.07 Å². The van der Waals surface area contributed by atoms with Crippen molar-refractivity contribution in [1.82, 2.24) is 15.1 Å². The van der Waals surface area contributed by atoms with Crippen LogP contribution in [-0.4, -0.2) is 39.9 Å². The van der Waals surface area contributed by atoms with Crippen LogP contribution < -0.4 is 10.2 Å². The quantitative estimate of drug-likeness (QED) is 0.265. The van der Waals surface area contributed by atoms with E-state index in [0.717, 1.165) is 34.4 Å². The van der Waals surface area contributed by atoms with Crippen LogP contribution in [0.5, 0.6) is 0 Å². The van der Waals surface area contributed by atoms with Gasteiger partial charge in [-0.2, -0.15) is 5.10 Å². The topological polar surface area (TPSA) is 67.2 Å². The predicted octanol–water partition coefficient (Wildman–Crippen LogP) is 6.72. The molecule has 1 aromatic heterocycles. The number of nitrogens with zero attached hydrogens (tertiary/aromatic N) is 3. The maximum atomic E-state index is 13.9. The predicted molar refractivity (Wildman–Crippen MR) is 160 cm³/mol. The first kappa shape index (κ1) is 27.9. The summed E-state index contributed by atoms with van der Waals surface area (Å²) in [5.74, 6) is -0.122. The van der Waals surface area contributed by atoms with E-state index in [4.69, 9.17) is 16.7 Å². The minimum absolute atomic E-state index is 0.0259. The van der Waals surface area contributed by atoms with Crippen LogP contribution in [0.3, 0.4) is 0 Å². The van der Waals surface area contributed by atoms with Crippen molar-refractivity contribution in [3.05, 3.63) is 100 Å². The minimum atomic E-state index is -0.341. The lowest BCUT2D eigenvalue weighted by Crippen LogP contribution is -2.44. The van der Waals surface area contributed by atoms with E-state index < -0.39 is 0 Å². The van der Waals surface area contributed by atoms with E-state index in [1.54, 1.807) is 28.9 Å². The summed E-state index contributed by atoms with van der Waals surface area (Å²) in [6.07, 6.45) is 0.773. The van der Waals surface area contributed by atoms with Gasteiger partial charge >= 0.3 is 0 Å². The number of nitrogens with one attached hydrogen (secondary N) is 1. The zero-order valence-electron chi connectivity index (χ0n) is 22.5. The molecule has 0 spiro atoms. The van der Waals surface area contributed by atoms with Crippen molar-refractivity contribution in [3.8, 4) is 16.9 Å². The summed E-state index contributed by atoms with van der Waals surface area (Å²) in [4.78, 5) is 28.4. The number of carbonyl (C=O) groups is 2. The number of aromatic nitrogens is 2. The lowest BCUT2D eigenvalue weighted by Gasteiger charge is -2.24. The first-order chi connectivity index (χ1) is 19.2. The highest BCUT2D eigenvalue weighted by molar-refractivity contribution is 8.00. The van der Waals surface area contributed by atoms with Crippen molar-refractivity contribution in [3.63, 3.8) is 0 Å². The lowest BCUT2D eigenvalue weighted by molar-refractivity contribution is -0.123. The van der Waals surface area contributed by atoms with Gasteiger partial charge in [0, 0.05) is 22.2 Å². The Bertz CT molecular complexity index is 1520. The van der Waals surface area contributed by atoms with Crippen molar-refractivity contribution in [1.29, 1.82) is 0 Å². The van der Waals surface area contributed by atoms with Crippen molar-refractivity contribution in [2.45, 2.75) is 38.5 Å². The molecule has 206 valence electrons. The third-order valence-corrected chi connectivity index (χ3v) is 8.49. The van der Waals surface area contributed by atoms with Gasteiger partial charge in [-0.15, -0.1) is 11.8 Å². The van der Waals surface area contributed by atoms with Crippen LogP contribution in [0.25, 0.3) is 16.9 Å². The van der Waals surface area contributed by atoms with E-state index >= 15 is 0 Å². The fourth-order valence-corrected chi connectivity index (χ4v) is 6.00. The third-order valence-electron chi connectivity index (χ3n) is 6.98. The number of hydrogen-bond acceptors (Lipinski definition) is 4. The van der Waals surface area contributed by atoms with Gasteiger partial charge in [-0.05, 0) is 62.2 Å².